The summed E-state index contributed by atoms with van der Waals surface area (Å²) in [4.78, 5) is 37.3. The summed E-state index contributed by atoms with van der Waals surface area (Å²) < 4.78 is 0. The van der Waals surface area contributed by atoms with Crippen LogP contribution in [0.1, 0.15) is 10.4 Å². The van der Waals surface area contributed by atoms with Crippen LogP contribution < -0.4 is 16.1 Å². The molecule has 0 aliphatic rings. The minimum atomic E-state index is -1.49. The van der Waals surface area contributed by atoms with Crippen molar-refractivity contribution in [1.82, 2.24) is 15.7 Å². The second kappa shape index (κ2) is 8.81. The van der Waals surface area contributed by atoms with Crippen molar-refractivity contribution in [1.29, 1.82) is 0 Å². The van der Waals surface area contributed by atoms with Crippen molar-refractivity contribution < 1.29 is 19.6 Å². The van der Waals surface area contributed by atoms with Gasteiger partial charge in [0.25, 0.3) is 17.7 Å². The topological polar surface area (TPSA) is 111 Å². The summed E-state index contributed by atoms with van der Waals surface area (Å²) in [5, 5.41) is 14.2. The molecule has 8 nitrogen and oxygen atoms in total. The second-order valence-corrected chi connectivity index (χ2v) is 5.82. The highest BCUT2D eigenvalue weighted by molar-refractivity contribution is 6.08. The van der Waals surface area contributed by atoms with E-state index in [1.807, 2.05) is 31.3 Å². The first-order chi connectivity index (χ1) is 12.9. The Kier molecular flexibility index (Phi) is 6.51. The molecule has 1 atom stereocenters. The number of nitrogens with one attached hydrogen (secondary N) is 3. The molecule has 0 aliphatic carbocycles. The molecule has 27 heavy (non-hydrogen) atoms. The summed E-state index contributed by atoms with van der Waals surface area (Å²) in [6, 6.07) is 13.1. The molecule has 0 fully saturated rings. The van der Waals surface area contributed by atoms with Crippen LogP contribution in [0.4, 0.5) is 5.69 Å². The monoisotopic (exact) mass is 370 g/mol. The third kappa shape index (κ3) is 4.42. The summed E-state index contributed by atoms with van der Waals surface area (Å²) in [7, 11) is 4.50. The average molecular weight is 370 g/mol. The molecule has 3 amide bonds. The molecule has 0 saturated heterocycles. The van der Waals surface area contributed by atoms with Crippen LogP contribution in [-0.4, -0.2) is 55.0 Å². The van der Waals surface area contributed by atoms with E-state index in [1.54, 1.807) is 24.3 Å². The van der Waals surface area contributed by atoms with Gasteiger partial charge in [-0.05, 0) is 35.4 Å². The van der Waals surface area contributed by atoms with Gasteiger partial charge in [-0.15, -0.1) is 0 Å². The number of carbonyl (C=O) groups excluding carboxylic acids is 3. The van der Waals surface area contributed by atoms with Crippen LogP contribution in [0.5, 0.6) is 0 Å². The lowest BCUT2D eigenvalue weighted by atomic mass is 10.0. The van der Waals surface area contributed by atoms with Crippen molar-refractivity contribution >= 4 is 23.4 Å². The van der Waals surface area contributed by atoms with Gasteiger partial charge in [-0.25, -0.2) is 5.48 Å². The van der Waals surface area contributed by atoms with Crippen LogP contribution in [0.3, 0.4) is 0 Å². The maximum Gasteiger partial charge on any atom is 0.275 e. The third-order valence-electron chi connectivity index (χ3n) is 4.18. The molecular formula is C19H22N4O4. The lowest BCUT2D eigenvalue weighted by Gasteiger charge is -2.25. The number of likely N-dealkylation sites (N-methyl/N-ethyl adjacent to an activating group) is 2. The Morgan fingerprint density at radius 3 is 2.19 bits per heavy atom. The first-order valence-electron chi connectivity index (χ1n) is 8.24. The molecule has 0 saturated carbocycles. The zero-order valence-electron chi connectivity index (χ0n) is 15.3. The fourth-order valence-electron chi connectivity index (χ4n) is 2.65. The molecule has 0 bridgehead atoms. The molecule has 2 rings (SSSR count). The fraction of sp³-hybridized carbons (Fsp3) is 0.211. The van der Waals surface area contributed by atoms with Crippen LogP contribution >= 0.6 is 0 Å². The van der Waals surface area contributed by atoms with E-state index in [4.69, 9.17) is 5.21 Å². The Hall–Kier alpha value is -3.39. The fourth-order valence-corrected chi connectivity index (χ4v) is 2.65. The van der Waals surface area contributed by atoms with Crippen LogP contribution in [0.25, 0.3) is 11.1 Å². The van der Waals surface area contributed by atoms with Crippen molar-refractivity contribution in [2.24, 2.45) is 0 Å². The van der Waals surface area contributed by atoms with Gasteiger partial charge in [0, 0.05) is 32.4 Å². The molecule has 0 heterocycles. The summed E-state index contributed by atoms with van der Waals surface area (Å²) in [5.41, 5.74) is 4.59. The molecule has 0 aliphatic heterocycles. The standard InChI is InChI=1S/C19H22N4O4/c1-20-15-6-4-5-14(11-15)12-7-9-13(10-8-12)19(26)23(3)16(17(24)21-2)18(25)22-27/h4-11,16,20,27H,1-3H3,(H,21,24)(H,22,25). The normalized spacial score (nSPS) is 11.3. The summed E-state index contributed by atoms with van der Waals surface area (Å²) in [5.74, 6) is -2.23. The van der Waals surface area contributed by atoms with Gasteiger partial charge in [-0.1, -0.05) is 24.3 Å². The quantitative estimate of drug-likeness (QED) is 0.346. The highest BCUT2D eigenvalue weighted by Gasteiger charge is 2.33. The van der Waals surface area contributed by atoms with Gasteiger partial charge in [0.2, 0.25) is 0 Å². The van der Waals surface area contributed by atoms with Gasteiger partial charge in [0.15, 0.2) is 6.04 Å². The van der Waals surface area contributed by atoms with Crippen molar-refractivity contribution in [3.8, 4) is 11.1 Å². The van der Waals surface area contributed by atoms with Crippen molar-refractivity contribution in [2.45, 2.75) is 6.04 Å². The van der Waals surface area contributed by atoms with Crippen LogP contribution in [0.2, 0.25) is 0 Å². The molecule has 0 aromatic heterocycles. The molecular weight excluding hydrogens is 348 g/mol. The summed E-state index contributed by atoms with van der Waals surface area (Å²) in [6.07, 6.45) is 0. The van der Waals surface area contributed by atoms with E-state index in [2.05, 4.69) is 10.6 Å². The molecule has 2 aromatic rings. The number of anilines is 1. The van der Waals surface area contributed by atoms with Gasteiger partial charge in [0.05, 0.1) is 0 Å². The zero-order chi connectivity index (χ0) is 20.0. The molecule has 4 N–H and O–H groups in total. The Morgan fingerprint density at radius 2 is 1.63 bits per heavy atom. The van der Waals surface area contributed by atoms with E-state index in [9.17, 15) is 14.4 Å². The van der Waals surface area contributed by atoms with Gasteiger partial charge < -0.3 is 15.5 Å². The number of rotatable bonds is 6. The van der Waals surface area contributed by atoms with Crippen molar-refractivity contribution in [2.75, 3.05) is 26.5 Å². The number of nitrogens with zero attached hydrogens (tertiary/aromatic N) is 1. The van der Waals surface area contributed by atoms with E-state index in [1.165, 1.54) is 19.6 Å². The Labute approximate surface area is 157 Å². The maximum absolute atomic E-state index is 12.6. The first kappa shape index (κ1) is 19.9. The third-order valence-corrected chi connectivity index (χ3v) is 4.18. The predicted molar refractivity (Wildman–Crippen MR) is 101 cm³/mol. The van der Waals surface area contributed by atoms with Crippen LogP contribution in [-0.2, 0) is 9.59 Å². The van der Waals surface area contributed by atoms with E-state index in [-0.39, 0.29) is 0 Å². The highest BCUT2D eigenvalue weighted by Crippen LogP contribution is 2.23. The molecule has 2 aromatic carbocycles. The smallest absolute Gasteiger partial charge is 0.275 e. The Morgan fingerprint density at radius 1 is 0.963 bits per heavy atom. The van der Waals surface area contributed by atoms with E-state index >= 15 is 0 Å². The zero-order valence-corrected chi connectivity index (χ0v) is 15.3. The number of hydrogen-bond acceptors (Lipinski definition) is 5. The van der Waals surface area contributed by atoms with Crippen molar-refractivity contribution in [3.05, 3.63) is 54.1 Å². The van der Waals surface area contributed by atoms with E-state index < -0.39 is 23.8 Å². The molecule has 1 unspecified atom stereocenters. The summed E-state index contributed by atoms with van der Waals surface area (Å²) in [6.45, 7) is 0. The highest BCUT2D eigenvalue weighted by atomic mass is 16.5. The molecule has 8 heteroatoms. The first-order valence-corrected chi connectivity index (χ1v) is 8.24. The summed E-state index contributed by atoms with van der Waals surface area (Å²) >= 11 is 0. The Bertz CT molecular complexity index is 820. The van der Waals surface area contributed by atoms with E-state index in [0.29, 0.717) is 5.56 Å². The van der Waals surface area contributed by atoms with Crippen LogP contribution in [0.15, 0.2) is 48.5 Å². The van der Waals surface area contributed by atoms with Crippen LogP contribution in [0, 0.1) is 0 Å². The van der Waals surface area contributed by atoms with Gasteiger partial charge in [-0.3, -0.25) is 19.6 Å². The minimum Gasteiger partial charge on any atom is -0.388 e. The SMILES string of the molecule is CNC(=O)C(C(=O)NO)N(C)C(=O)c1ccc(-c2cccc(NC)c2)cc1. The predicted octanol–water partition coefficient (Wildman–Crippen LogP) is 1.09. The number of hydrogen-bond donors (Lipinski definition) is 4. The molecule has 0 spiro atoms. The Balaban J connectivity index is 2.25. The molecule has 0 radical (unpaired) electrons. The van der Waals surface area contributed by atoms with Gasteiger partial charge in [0.1, 0.15) is 0 Å². The molecule has 142 valence electrons. The number of benzene rings is 2. The lowest BCUT2D eigenvalue weighted by Crippen LogP contribution is -2.54. The number of carbonyl (C=O) groups is 3. The minimum absolute atomic E-state index is 0.311. The second-order valence-electron chi connectivity index (χ2n) is 5.82. The average Bonchev–Trinajstić information content (AvgIpc) is 2.72. The lowest BCUT2D eigenvalue weighted by molar-refractivity contribution is -0.140. The maximum atomic E-state index is 12.6. The van der Waals surface area contributed by atoms with Gasteiger partial charge >= 0.3 is 0 Å². The van der Waals surface area contributed by atoms with Gasteiger partial charge in [-0.2, -0.15) is 0 Å². The van der Waals surface area contributed by atoms with Crippen molar-refractivity contribution in [3.63, 3.8) is 0 Å². The largest absolute Gasteiger partial charge is 0.388 e. The number of amides is 3. The number of hydroxylamine groups is 1. The van der Waals surface area contributed by atoms with E-state index in [0.717, 1.165) is 21.7 Å².